The van der Waals surface area contributed by atoms with Gasteiger partial charge in [-0.15, -0.1) is 0 Å². The lowest BCUT2D eigenvalue weighted by Gasteiger charge is -2.10. The molecule has 7 heteroatoms. The van der Waals surface area contributed by atoms with Gasteiger partial charge in [0.15, 0.2) is 9.84 Å². The molecule has 3 nitrogen and oxygen atoms in total. The van der Waals surface area contributed by atoms with Gasteiger partial charge in [0.1, 0.15) is 5.82 Å². The first kappa shape index (κ1) is 16.1. The number of halogens is 3. The molecule has 0 unspecified atom stereocenters. The van der Waals surface area contributed by atoms with Crippen molar-refractivity contribution in [3.63, 3.8) is 0 Å². The molecule has 0 fully saturated rings. The van der Waals surface area contributed by atoms with Crippen molar-refractivity contribution in [2.24, 2.45) is 0 Å². The summed E-state index contributed by atoms with van der Waals surface area (Å²) in [7, 11) is -3.39. The van der Waals surface area contributed by atoms with Crippen molar-refractivity contribution in [3.05, 3.63) is 57.8 Å². The second kappa shape index (κ2) is 6.22. The van der Waals surface area contributed by atoms with E-state index in [9.17, 15) is 12.8 Å². The van der Waals surface area contributed by atoms with Gasteiger partial charge < -0.3 is 5.32 Å². The maximum Gasteiger partial charge on any atom is 0.175 e. The monoisotopic (exact) mass is 347 g/mol. The van der Waals surface area contributed by atoms with Crippen LogP contribution in [0.3, 0.4) is 0 Å². The Morgan fingerprint density at radius 2 is 1.71 bits per heavy atom. The molecule has 0 spiro atoms. The fourth-order valence-electron chi connectivity index (χ4n) is 1.78. The zero-order chi connectivity index (χ0) is 15.6. The van der Waals surface area contributed by atoms with Crippen LogP contribution in [0.1, 0.15) is 5.56 Å². The molecular formula is C14H12Cl2FNO2S. The minimum absolute atomic E-state index is 0.0514. The summed E-state index contributed by atoms with van der Waals surface area (Å²) >= 11 is 11.8. The third kappa shape index (κ3) is 4.33. The summed E-state index contributed by atoms with van der Waals surface area (Å²) in [5.41, 5.74) is 0.866. The molecule has 0 radical (unpaired) electrons. The Hall–Kier alpha value is -1.30. The molecule has 2 aromatic carbocycles. The maximum atomic E-state index is 13.7. The fraction of sp³-hybridized carbons (Fsp3) is 0.143. The summed E-state index contributed by atoms with van der Waals surface area (Å²) in [6.07, 6.45) is 1.07. The van der Waals surface area contributed by atoms with Crippen molar-refractivity contribution < 1.29 is 12.8 Å². The normalized spacial score (nSPS) is 11.4. The molecule has 0 heterocycles. The van der Waals surface area contributed by atoms with Gasteiger partial charge >= 0.3 is 0 Å². The highest BCUT2D eigenvalue weighted by atomic mass is 35.5. The van der Waals surface area contributed by atoms with Gasteiger partial charge in [-0.05, 0) is 42.0 Å². The summed E-state index contributed by atoms with van der Waals surface area (Å²) in [5.74, 6) is -0.532. The molecule has 2 rings (SSSR count). The van der Waals surface area contributed by atoms with Gasteiger partial charge in [0, 0.05) is 22.8 Å². The van der Waals surface area contributed by atoms with Gasteiger partial charge in [-0.3, -0.25) is 0 Å². The van der Waals surface area contributed by atoms with Crippen molar-refractivity contribution >= 4 is 38.7 Å². The standard InChI is InChI=1S/C14H12Cl2FNO2S/c1-21(19,20)12-2-3-13(17)14(7-12)18-8-9-4-10(15)6-11(16)5-9/h2-7,18H,8H2,1H3. The highest BCUT2D eigenvalue weighted by molar-refractivity contribution is 7.90. The van der Waals surface area contributed by atoms with Gasteiger partial charge in [-0.25, -0.2) is 12.8 Å². The van der Waals surface area contributed by atoms with Crippen molar-refractivity contribution in [2.75, 3.05) is 11.6 Å². The lowest BCUT2D eigenvalue weighted by Crippen LogP contribution is -2.04. The number of benzene rings is 2. The fourth-order valence-corrected chi connectivity index (χ4v) is 3.00. The van der Waals surface area contributed by atoms with Crippen molar-refractivity contribution in [2.45, 2.75) is 11.4 Å². The van der Waals surface area contributed by atoms with Crippen LogP contribution in [-0.4, -0.2) is 14.7 Å². The van der Waals surface area contributed by atoms with E-state index in [4.69, 9.17) is 23.2 Å². The van der Waals surface area contributed by atoms with Crippen LogP contribution in [0.4, 0.5) is 10.1 Å². The van der Waals surface area contributed by atoms with Gasteiger partial charge in [0.2, 0.25) is 0 Å². The molecule has 0 aliphatic heterocycles. The summed E-state index contributed by atoms with van der Waals surface area (Å²) in [4.78, 5) is 0.0514. The Kier molecular flexibility index (Phi) is 4.76. The number of anilines is 1. The molecule has 0 bridgehead atoms. The summed E-state index contributed by atoms with van der Waals surface area (Å²) < 4.78 is 36.7. The second-order valence-electron chi connectivity index (χ2n) is 4.55. The SMILES string of the molecule is CS(=O)(=O)c1ccc(F)c(NCc2cc(Cl)cc(Cl)c2)c1. The van der Waals surface area contributed by atoms with Crippen molar-refractivity contribution in [1.82, 2.24) is 0 Å². The highest BCUT2D eigenvalue weighted by Gasteiger charge is 2.11. The number of rotatable bonds is 4. The Morgan fingerprint density at radius 1 is 1.10 bits per heavy atom. The molecule has 1 N–H and O–H groups in total. The van der Waals surface area contributed by atoms with Gasteiger partial charge in [0.25, 0.3) is 0 Å². The van der Waals surface area contributed by atoms with E-state index in [0.29, 0.717) is 10.0 Å². The molecule has 2 aromatic rings. The van der Waals surface area contributed by atoms with E-state index in [0.717, 1.165) is 17.9 Å². The van der Waals surface area contributed by atoms with Crippen LogP contribution >= 0.6 is 23.2 Å². The number of sulfone groups is 1. The Morgan fingerprint density at radius 3 is 2.29 bits per heavy atom. The lowest BCUT2D eigenvalue weighted by molar-refractivity contribution is 0.600. The molecule has 0 atom stereocenters. The minimum Gasteiger partial charge on any atom is -0.379 e. The first-order valence-corrected chi connectivity index (χ1v) is 8.59. The summed E-state index contributed by atoms with van der Waals surface area (Å²) in [5, 5.41) is 3.79. The topological polar surface area (TPSA) is 46.2 Å². The van der Waals surface area contributed by atoms with E-state index in [-0.39, 0.29) is 17.1 Å². The van der Waals surface area contributed by atoms with E-state index in [1.165, 1.54) is 12.1 Å². The third-order valence-electron chi connectivity index (χ3n) is 2.77. The minimum atomic E-state index is -3.39. The van der Waals surface area contributed by atoms with Gasteiger partial charge in [-0.1, -0.05) is 23.2 Å². The molecule has 0 amide bonds. The van der Waals surface area contributed by atoms with Crippen LogP contribution in [0.5, 0.6) is 0 Å². The molecule has 0 aliphatic carbocycles. The van der Waals surface area contributed by atoms with Crippen LogP contribution in [0.2, 0.25) is 10.0 Å². The Balaban J connectivity index is 2.23. The third-order valence-corrected chi connectivity index (χ3v) is 4.32. The zero-order valence-corrected chi connectivity index (χ0v) is 13.4. The molecule has 0 aliphatic rings. The Bertz CT molecular complexity index is 758. The van der Waals surface area contributed by atoms with Crippen LogP contribution in [0.15, 0.2) is 41.3 Å². The average Bonchev–Trinajstić information content (AvgIpc) is 2.35. The first-order chi connectivity index (χ1) is 9.75. The van der Waals surface area contributed by atoms with Gasteiger partial charge in [-0.2, -0.15) is 0 Å². The molecule has 112 valence electrons. The lowest BCUT2D eigenvalue weighted by atomic mass is 10.2. The van der Waals surface area contributed by atoms with E-state index < -0.39 is 15.7 Å². The largest absolute Gasteiger partial charge is 0.379 e. The maximum absolute atomic E-state index is 13.7. The summed E-state index contributed by atoms with van der Waals surface area (Å²) in [6.45, 7) is 0.268. The van der Waals surface area contributed by atoms with E-state index in [2.05, 4.69) is 5.32 Å². The quantitative estimate of drug-likeness (QED) is 0.845. The van der Waals surface area contributed by atoms with E-state index in [1.807, 2.05) is 0 Å². The van der Waals surface area contributed by atoms with Gasteiger partial charge in [0.05, 0.1) is 10.6 Å². The van der Waals surface area contributed by atoms with E-state index >= 15 is 0 Å². The number of hydrogen-bond acceptors (Lipinski definition) is 3. The molecule has 0 aromatic heterocycles. The first-order valence-electron chi connectivity index (χ1n) is 5.94. The van der Waals surface area contributed by atoms with Crippen LogP contribution in [0, 0.1) is 5.82 Å². The van der Waals surface area contributed by atoms with Crippen LogP contribution < -0.4 is 5.32 Å². The summed E-state index contributed by atoms with van der Waals surface area (Å²) in [6, 6.07) is 8.58. The smallest absolute Gasteiger partial charge is 0.175 e. The number of nitrogens with one attached hydrogen (secondary N) is 1. The average molecular weight is 348 g/mol. The van der Waals surface area contributed by atoms with Crippen molar-refractivity contribution in [3.8, 4) is 0 Å². The Labute approximate surface area is 132 Å². The molecular weight excluding hydrogens is 336 g/mol. The van der Waals surface area contributed by atoms with E-state index in [1.54, 1.807) is 18.2 Å². The second-order valence-corrected chi connectivity index (χ2v) is 7.43. The zero-order valence-electron chi connectivity index (χ0n) is 11.0. The van der Waals surface area contributed by atoms with Crippen LogP contribution in [-0.2, 0) is 16.4 Å². The van der Waals surface area contributed by atoms with Crippen LogP contribution in [0.25, 0.3) is 0 Å². The molecule has 21 heavy (non-hydrogen) atoms. The molecule has 0 saturated carbocycles. The number of hydrogen-bond donors (Lipinski definition) is 1. The van der Waals surface area contributed by atoms with Crippen molar-refractivity contribution in [1.29, 1.82) is 0 Å². The predicted octanol–water partition coefficient (Wildman–Crippen LogP) is 4.15. The highest BCUT2D eigenvalue weighted by Crippen LogP contribution is 2.22. The predicted molar refractivity (Wildman–Crippen MR) is 83.3 cm³/mol. The molecule has 0 saturated heterocycles.